The van der Waals surface area contributed by atoms with E-state index in [1.807, 2.05) is 0 Å². The molecule has 0 bridgehead atoms. The Bertz CT molecular complexity index is 800. The van der Waals surface area contributed by atoms with Crippen molar-refractivity contribution in [1.82, 2.24) is 0 Å². The first-order valence-corrected chi connectivity index (χ1v) is 7.91. The lowest BCUT2D eigenvalue weighted by molar-refractivity contribution is 0.103. The van der Waals surface area contributed by atoms with E-state index in [9.17, 15) is 4.79 Å². The molecule has 2 aromatic rings. The summed E-state index contributed by atoms with van der Waals surface area (Å²) in [4.78, 5) is 13.2. The summed E-state index contributed by atoms with van der Waals surface area (Å²) < 4.78 is 16.1. The minimum Gasteiger partial charge on any atom is -0.493 e. The van der Waals surface area contributed by atoms with Gasteiger partial charge in [-0.25, -0.2) is 0 Å². The number of benzene rings is 2. The molecule has 6 heteroatoms. The van der Waals surface area contributed by atoms with Gasteiger partial charge in [0, 0.05) is 10.6 Å². The Balaban J connectivity index is 2.78. The number of halogens is 2. The van der Waals surface area contributed by atoms with Crippen LogP contribution in [0.1, 0.15) is 27.0 Å². The van der Waals surface area contributed by atoms with Gasteiger partial charge in [-0.3, -0.25) is 4.79 Å². The minimum absolute atomic E-state index is 0.282. The Labute approximate surface area is 151 Å². The Kier molecular flexibility index (Phi) is 5.62. The zero-order chi connectivity index (χ0) is 18.0. The van der Waals surface area contributed by atoms with Gasteiger partial charge in [0.15, 0.2) is 17.3 Å². The van der Waals surface area contributed by atoms with Crippen molar-refractivity contribution in [3.63, 3.8) is 0 Å². The van der Waals surface area contributed by atoms with Crippen molar-refractivity contribution in [2.75, 3.05) is 21.3 Å². The van der Waals surface area contributed by atoms with Gasteiger partial charge in [0.2, 0.25) is 5.75 Å². The molecule has 0 aliphatic carbocycles. The molecule has 2 rings (SSSR count). The number of aryl methyl sites for hydroxylation is 1. The summed E-state index contributed by atoms with van der Waals surface area (Å²) in [6.07, 6.45) is 0. The van der Waals surface area contributed by atoms with Crippen molar-refractivity contribution < 1.29 is 19.0 Å². The monoisotopic (exact) mass is 368 g/mol. The maximum absolute atomic E-state index is 13.2. The molecular weight excluding hydrogens is 351 g/mol. The lowest BCUT2D eigenvalue weighted by Gasteiger charge is -2.18. The summed E-state index contributed by atoms with van der Waals surface area (Å²) in [6.45, 7) is 3.55. The third-order valence-electron chi connectivity index (χ3n) is 3.83. The molecule has 0 saturated heterocycles. The summed E-state index contributed by atoms with van der Waals surface area (Å²) >= 11 is 12.4. The van der Waals surface area contributed by atoms with Gasteiger partial charge in [-0.1, -0.05) is 23.2 Å². The standard InChI is InChI=1S/C18H18Cl2O4/c1-9-8-13(22-3)17(23-4)18(24-5)14(9)16(21)15-10(2)11(19)6-7-12(15)20/h6-8H,1-5H3. The minimum atomic E-state index is -0.282. The van der Waals surface area contributed by atoms with Gasteiger partial charge in [-0.05, 0) is 43.2 Å². The highest BCUT2D eigenvalue weighted by Gasteiger charge is 2.27. The fourth-order valence-electron chi connectivity index (χ4n) is 2.62. The summed E-state index contributed by atoms with van der Waals surface area (Å²) in [5, 5.41) is 0.804. The summed E-state index contributed by atoms with van der Waals surface area (Å²) in [7, 11) is 4.48. The normalized spacial score (nSPS) is 10.5. The number of rotatable bonds is 5. The first-order chi connectivity index (χ1) is 11.4. The molecule has 0 fully saturated rings. The van der Waals surface area contributed by atoms with Gasteiger partial charge < -0.3 is 14.2 Å². The maximum atomic E-state index is 13.2. The SMILES string of the molecule is COc1cc(C)c(C(=O)c2c(Cl)ccc(Cl)c2C)c(OC)c1OC. The highest BCUT2D eigenvalue weighted by atomic mass is 35.5. The van der Waals surface area contributed by atoms with Crippen LogP contribution < -0.4 is 14.2 Å². The van der Waals surface area contributed by atoms with Gasteiger partial charge in [0.25, 0.3) is 0 Å². The molecular formula is C18H18Cl2O4. The van der Waals surface area contributed by atoms with Gasteiger partial charge in [0.1, 0.15) is 0 Å². The third kappa shape index (κ3) is 3.04. The van der Waals surface area contributed by atoms with E-state index >= 15 is 0 Å². The van der Waals surface area contributed by atoms with Crippen molar-refractivity contribution in [2.24, 2.45) is 0 Å². The summed E-state index contributed by atoms with van der Waals surface area (Å²) in [5.74, 6) is 0.854. The Morgan fingerprint density at radius 3 is 2.00 bits per heavy atom. The van der Waals surface area contributed by atoms with Crippen molar-refractivity contribution >= 4 is 29.0 Å². The van der Waals surface area contributed by atoms with Gasteiger partial charge >= 0.3 is 0 Å². The van der Waals surface area contributed by atoms with E-state index in [2.05, 4.69) is 0 Å². The molecule has 0 unspecified atom stereocenters. The number of carbonyl (C=O) groups is 1. The van der Waals surface area contributed by atoms with E-state index < -0.39 is 0 Å². The van der Waals surface area contributed by atoms with E-state index in [0.29, 0.717) is 49.5 Å². The van der Waals surface area contributed by atoms with E-state index in [1.54, 1.807) is 32.0 Å². The molecule has 0 N–H and O–H groups in total. The van der Waals surface area contributed by atoms with E-state index in [1.165, 1.54) is 21.3 Å². The van der Waals surface area contributed by atoms with Crippen LogP contribution in [-0.2, 0) is 0 Å². The van der Waals surface area contributed by atoms with Crippen LogP contribution in [0.4, 0.5) is 0 Å². The zero-order valence-electron chi connectivity index (χ0n) is 14.1. The fourth-order valence-corrected chi connectivity index (χ4v) is 3.07. The van der Waals surface area contributed by atoms with Crippen LogP contribution in [0, 0.1) is 13.8 Å². The second-order valence-electron chi connectivity index (χ2n) is 5.20. The molecule has 0 aliphatic rings. The van der Waals surface area contributed by atoms with Gasteiger partial charge in [-0.2, -0.15) is 0 Å². The number of hydrogen-bond acceptors (Lipinski definition) is 4. The number of methoxy groups -OCH3 is 3. The molecule has 0 aliphatic heterocycles. The largest absolute Gasteiger partial charge is 0.493 e. The molecule has 128 valence electrons. The maximum Gasteiger partial charge on any atom is 0.204 e. The topological polar surface area (TPSA) is 44.8 Å². The predicted octanol–water partition coefficient (Wildman–Crippen LogP) is 4.87. The third-order valence-corrected chi connectivity index (χ3v) is 4.55. The van der Waals surface area contributed by atoms with E-state index in [0.717, 1.165) is 0 Å². The van der Waals surface area contributed by atoms with E-state index in [4.69, 9.17) is 37.4 Å². The molecule has 0 saturated carbocycles. The molecule has 0 atom stereocenters. The van der Waals surface area contributed by atoms with Crippen molar-refractivity contribution in [2.45, 2.75) is 13.8 Å². The Morgan fingerprint density at radius 1 is 0.875 bits per heavy atom. The number of ketones is 1. The fraction of sp³-hybridized carbons (Fsp3) is 0.278. The number of hydrogen-bond donors (Lipinski definition) is 0. The van der Waals surface area contributed by atoms with Crippen molar-refractivity contribution in [3.05, 3.63) is 50.5 Å². The van der Waals surface area contributed by atoms with Gasteiger partial charge in [0.05, 0.1) is 31.9 Å². The molecule has 24 heavy (non-hydrogen) atoms. The molecule has 2 aromatic carbocycles. The molecule has 0 aromatic heterocycles. The molecule has 0 heterocycles. The quantitative estimate of drug-likeness (QED) is 0.706. The second-order valence-corrected chi connectivity index (χ2v) is 6.01. The first kappa shape index (κ1) is 18.4. The van der Waals surface area contributed by atoms with Gasteiger partial charge in [-0.15, -0.1) is 0 Å². The number of carbonyl (C=O) groups excluding carboxylic acids is 1. The first-order valence-electron chi connectivity index (χ1n) is 7.16. The summed E-state index contributed by atoms with van der Waals surface area (Å²) in [5.41, 5.74) is 2.01. The molecule has 0 amide bonds. The summed E-state index contributed by atoms with van der Waals surface area (Å²) in [6, 6.07) is 4.99. The lowest BCUT2D eigenvalue weighted by Crippen LogP contribution is -2.11. The lowest BCUT2D eigenvalue weighted by atomic mass is 9.94. The van der Waals surface area contributed by atoms with E-state index in [-0.39, 0.29) is 5.78 Å². The van der Waals surface area contributed by atoms with Crippen molar-refractivity contribution in [1.29, 1.82) is 0 Å². The average Bonchev–Trinajstić information content (AvgIpc) is 2.56. The van der Waals surface area contributed by atoms with Crippen LogP contribution in [-0.4, -0.2) is 27.1 Å². The van der Waals surface area contributed by atoms with Crippen molar-refractivity contribution in [3.8, 4) is 17.2 Å². The smallest absolute Gasteiger partial charge is 0.204 e. The Morgan fingerprint density at radius 2 is 1.46 bits per heavy atom. The molecule has 0 radical (unpaired) electrons. The van der Waals surface area contributed by atoms with Crippen LogP contribution in [0.5, 0.6) is 17.2 Å². The highest BCUT2D eigenvalue weighted by Crippen LogP contribution is 2.43. The van der Waals surface area contributed by atoms with Crippen LogP contribution in [0.25, 0.3) is 0 Å². The predicted molar refractivity (Wildman–Crippen MR) is 95.5 cm³/mol. The molecule has 0 spiro atoms. The zero-order valence-corrected chi connectivity index (χ0v) is 15.6. The van der Waals surface area contributed by atoms with Crippen LogP contribution in [0.15, 0.2) is 18.2 Å². The van der Waals surface area contributed by atoms with Crippen LogP contribution >= 0.6 is 23.2 Å². The second kappa shape index (κ2) is 7.32. The number of ether oxygens (including phenoxy) is 3. The highest BCUT2D eigenvalue weighted by molar-refractivity contribution is 6.37. The Hall–Kier alpha value is -1.91. The van der Waals surface area contributed by atoms with Crippen LogP contribution in [0.2, 0.25) is 10.0 Å². The van der Waals surface area contributed by atoms with Crippen LogP contribution in [0.3, 0.4) is 0 Å². The molecule has 4 nitrogen and oxygen atoms in total. The average molecular weight is 369 g/mol.